The van der Waals surface area contributed by atoms with E-state index in [4.69, 9.17) is 11.6 Å². The number of halogens is 2. The lowest BCUT2D eigenvalue weighted by molar-refractivity contribution is 0.212. The standard InChI is InChI=1S/C14H19BrClN/c1-8(2)10-5-11(6-10)17-14-7-13(16)9(3)4-12(14)15/h4,7-8,10-11,17H,5-6H2,1-3H3. The third-order valence-electron chi connectivity index (χ3n) is 3.73. The average molecular weight is 317 g/mol. The van der Waals surface area contributed by atoms with E-state index in [9.17, 15) is 0 Å². The molecule has 3 heteroatoms. The number of rotatable bonds is 3. The molecular formula is C14H19BrClN. The number of aryl methyl sites for hydroxylation is 1. The summed E-state index contributed by atoms with van der Waals surface area (Å²) in [6, 6.07) is 4.70. The summed E-state index contributed by atoms with van der Waals surface area (Å²) in [6.07, 6.45) is 2.55. The van der Waals surface area contributed by atoms with Crippen molar-refractivity contribution in [2.45, 2.75) is 39.7 Å². The quantitative estimate of drug-likeness (QED) is 0.802. The van der Waals surface area contributed by atoms with Crippen molar-refractivity contribution in [3.8, 4) is 0 Å². The van der Waals surface area contributed by atoms with E-state index in [0.29, 0.717) is 6.04 Å². The number of hydrogen-bond donors (Lipinski definition) is 1. The fraction of sp³-hybridized carbons (Fsp3) is 0.571. The van der Waals surface area contributed by atoms with Gasteiger partial charge in [0.1, 0.15) is 0 Å². The second kappa shape index (κ2) is 5.19. The Kier molecular flexibility index (Phi) is 4.04. The Balaban J connectivity index is 1.99. The lowest BCUT2D eigenvalue weighted by atomic mass is 9.73. The second-order valence-electron chi connectivity index (χ2n) is 5.40. The van der Waals surface area contributed by atoms with E-state index in [2.05, 4.69) is 41.2 Å². The fourth-order valence-electron chi connectivity index (χ4n) is 2.30. The zero-order valence-corrected chi connectivity index (χ0v) is 12.9. The normalized spacial score (nSPS) is 23.6. The zero-order chi connectivity index (χ0) is 12.6. The van der Waals surface area contributed by atoms with Gasteiger partial charge in [-0.1, -0.05) is 25.4 Å². The van der Waals surface area contributed by atoms with E-state index in [0.717, 1.165) is 32.6 Å². The van der Waals surface area contributed by atoms with Gasteiger partial charge in [0.05, 0.1) is 5.69 Å². The van der Waals surface area contributed by atoms with Gasteiger partial charge in [-0.3, -0.25) is 0 Å². The summed E-state index contributed by atoms with van der Waals surface area (Å²) in [5.41, 5.74) is 2.23. The lowest BCUT2D eigenvalue weighted by Gasteiger charge is -2.39. The van der Waals surface area contributed by atoms with Crippen molar-refractivity contribution in [3.05, 3.63) is 27.2 Å². The molecular weight excluding hydrogens is 298 g/mol. The zero-order valence-electron chi connectivity index (χ0n) is 10.6. The van der Waals surface area contributed by atoms with Gasteiger partial charge in [0.2, 0.25) is 0 Å². The van der Waals surface area contributed by atoms with Crippen molar-refractivity contribution in [3.63, 3.8) is 0 Å². The van der Waals surface area contributed by atoms with Gasteiger partial charge in [-0.2, -0.15) is 0 Å². The van der Waals surface area contributed by atoms with Crippen molar-refractivity contribution in [1.82, 2.24) is 0 Å². The third kappa shape index (κ3) is 2.97. The van der Waals surface area contributed by atoms with Crippen molar-refractivity contribution in [2.24, 2.45) is 11.8 Å². The molecule has 0 heterocycles. The maximum absolute atomic E-state index is 6.15. The van der Waals surface area contributed by atoms with Crippen LogP contribution in [0.5, 0.6) is 0 Å². The Bertz CT molecular complexity index is 411. The first-order chi connectivity index (χ1) is 7.97. The highest BCUT2D eigenvalue weighted by molar-refractivity contribution is 9.10. The van der Waals surface area contributed by atoms with Gasteiger partial charge >= 0.3 is 0 Å². The molecule has 1 nitrogen and oxygen atoms in total. The molecule has 0 bridgehead atoms. The van der Waals surface area contributed by atoms with E-state index in [-0.39, 0.29) is 0 Å². The number of anilines is 1. The van der Waals surface area contributed by atoms with Gasteiger partial charge < -0.3 is 5.32 Å². The minimum absolute atomic E-state index is 0.609. The molecule has 1 aromatic carbocycles. The summed E-state index contributed by atoms with van der Waals surface area (Å²) in [7, 11) is 0. The Hall–Kier alpha value is -0.210. The van der Waals surface area contributed by atoms with Crippen LogP contribution in [0.15, 0.2) is 16.6 Å². The summed E-state index contributed by atoms with van der Waals surface area (Å²) in [5, 5.41) is 4.40. The fourth-order valence-corrected chi connectivity index (χ4v) is 3.04. The third-order valence-corrected chi connectivity index (χ3v) is 4.79. The molecule has 0 aliphatic heterocycles. The van der Waals surface area contributed by atoms with Gasteiger partial charge in [-0.05, 0) is 65.2 Å². The van der Waals surface area contributed by atoms with E-state index in [1.54, 1.807) is 0 Å². The van der Waals surface area contributed by atoms with Crippen LogP contribution < -0.4 is 5.32 Å². The van der Waals surface area contributed by atoms with Crippen molar-refractivity contribution < 1.29 is 0 Å². The van der Waals surface area contributed by atoms with Crippen LogP contribution in [0.2, 0.25) is 5.02 Å². The van der Waals surface area contributed by atoms with Gasteiger partial charge in [0, 0.05) is 15.5 Å². The first-order valence-electron chi connectivity index (χ1n) is 6.19. The summed E-state index contributed by atoms with van der Waals surface area (Å²) in [4.78, 5) is 0. The summed E-state index contributed by atoms with van der Waals surface area (Å²) < 4.78 is 1.10. The van der Waals surface area contributed by atoms with Crippen LogP contribution in [0.25, 0.3) is 0 Å². The number of hydrogen-bond acceptors (Lipinski definition) is 1. The van der Waals surface area contributed by atoms with E-state index >= 15 is 0 Å². The van der Waals surface area contributed by atoms with Crippen molar-refractivity contribution in [2.75, 3.05) is 5.32 Å². The highest BCUT2D eigenvalue weighted by Crippen LogP contribution is 2.37. The lowest BCUT2D eigenvalue weighted by Crippen LogP contribution is -2.37. The first kappa shape index (κ1) is 13.2. The summed E-state index contributed by atoms with van der Waals surface area (Å²) in [5.74, 6) is 1.69. The molecule has 0 saturated heterocycles. The molecule has 0 spiro atoms. The molecule has 94 valence electrons. The molecule has 1 aromatic rings. The highest BCUT2D eigenvalue weighted by Gasteiger charge is 2.31. The molecule has 0 radical (unpaired) electrons. The molecule has 0 amide bonds. The van der Waals surface area contributed by atoms with Crippen LogP contribution in [-0.2, 0) is 0 Å². The van der Waals surface area contributed by atoms with Crippen LogP contribution >= 0.6 is 27.5 Å². The minimum Gasteiger partial charge on any atom is -0.381 e. The predicted octanol–water partition coefficient (Wildman–Crippen LogP) is 5.26. The van der Waals surface area contributed by atoms with E-state index in [1.807, 2.05) is 13.0 Å². The molecule has 0 aromatic heterocycles. The van der Waals surface area contributed by atoms with Crippen molar-refractivity contribution in [1.29, 1.82) is 0 Å². The van der Waals surface area contributed by atoms with Gasteiger partial charge in [0.15, 0.2) is 0 Å². The van der Waals surface area contributed by atoms with Gasteiger partial charge in [-0.15, -0.1) is 0 Å². The minimum atomic E-state index is 0.609. The number of nitrogens with one attached hydrogen (secondary N) is 1. The average Bonchev–Trinajstić information content (AvgIpc) is 2.17. The molecule has 0 atom stereocenters. The molecule has 1 N–H and O–H groups in total. The molecule has 17 heavy (non-hydrogen) atoms. The Labute approximate surface area is 117 Å². The molecule has 2 rings (SSSR count). The monoisotopic (exact) mass is 315 g/mol. The second-order valence-corrected chi connectivity index (χ2v) is 6.66. The maximum atomic E-state index is 6.15. The van der Waals surface area contributed by atoms with Crippen LogP contribution in [0.3, 0.4) is 0 Å². The SMILES string of the molecule is Cc1cc(Br)c(NC2CC(C(C)C)C2)cc1Cl. The highest BCUT2D eigenvalue weighted by atomic mass is 79.9. The molecule has 1 fully saturated rings. The van der Waals surface area contributed by atoms with Crippen LogP contribution in [0.4, 0.5) is 5.69 Å². The Morgan fingerprint density at radius 1 is 1.35 bits per heavy atom. The molecule has 1 aliphatic rings. The topological polar surface area (TPSA) is 12.0 Å². The van der Waals surface area contributed by atoms with Gasteiger partial charge in [-0.25, -0.2) is 0 Å². The Morgan fingerprint density at radius 2 is 2.00 bits per heavy atom. The molecule has 1 aliphatic carbocycles. The molecule has 1 saturated carbocycles. The van der Waals surface area contributed by atoms with Gasteiger partial charge in [0.25, 0.3) is 0 Å². The van der Waals surface area contributed by atoms with Crippen LogP contribution in [0, 0.1) is 18.8 Å². The largest absolute Gasteiger partial charge is 0.381 e. The summed E-state index contributed by atoms with van der Waals surface area (Å²) >= 11 is 9.73. The maximum Gasteiger partial charge on any atom is 0.0501 e. The molecule has 0 unspecified atom stereocenters. The number of benzene rings is 1. The van der Waals surface area contributed by atoms with Crippen molar-refractivity contribution >= 4 is 33.2 Å². The smallest absolute Gasteiger partial charge is 0.0501 e. The van der Waals surface area contributed by atoms with Crippen LogP contribution in [0.1, 0.15) is 32.3 Å². The Morgan fingerprint density at radius 3 is 2.59 bits per heavy atom. The van der Waals surface area contributed by atoms with Crippen LogP contribution in [-0.4, -0.2) is 6.04 Å². The summed E-state index contributed by atoms with van der Waals surface area (Å²) in [6.45, 7) is 6.63. The van der Waals surface area contributed by atoms with E-state index in [1.165, 1.54) is 12.8 Å². The predicted molar refractivity (Wildman–Crippen MR) is 78.9 cm³/mol. The van der Waals surface area contributed by atoms with E-state index < -0.39 is 0 Å². The first-order valence-corrected chi connectivity index (χ1v) is 7.36.